The molecule has 152 valence electrons. The number of anilines is 1. The molecule has 0 atom stereocenters. The summed E-state index contributed by atoms with van der Waals surface area (Å²) in [6.07, 6.45) is 1.35. The lowest BCUT2D eigenvalue weighted by molar-refractivity contribution is 0.978. The Labute approximate surface area is 179 Å². The first kappa shape index (κ1) is 20.0. The van der Waals surface area contributed by atoms with Crippen LogP contribution in [-0.2, 0) is 6.42 Å². The van der Waals surface area contributed by atoms with E-state index in [1.54, 1.807) is 0 Å². The predicted molar refractivity (Wildman–Crippen MR) is 127 cm³/mol. The zero-order valence-corrected chi connectivity index (χ0v) is 18.1. The molecular formula is C24H24N4OS. The lowest BCUT2D eigenvalue weighted by Gasteiger charge is -2.09. The van der Waals surface area contributed by atoms with Crippen LogP contribution in [0.5, 0.6) is 0 Å². The summed E-state index contributed by atoms with van der Waals surface area (Å²) < 4.78 is 0. The minimum atomic E-state index is 0.109. The topological polar surface area (TPSA) is 70.1 Å². The molecule has 0 radical (unpaired) electrons. The predicted octanol–water partition coefficient (Wildman–Crippen LogP) is 5.69. The second-order valence-electron chi connectivity index (χ2n) is 7.42. The van der Waals surface area contributed by atoms with Crippen molar-refractivity contribution < 1.29 is 0 Å². The van der Waals surface area contributed by atoms with Crippen LogP contribution in [0.4, 0.5) is 5.13 Å². The average Bonchev–Trinajstić information content (AvgIpc) is 3.23. The van der Waals surface area contributed by atoms with Crippen molar-refractivity contribution >= 4 is 33.1 Å². The fourth-order valence-corrected chi connectivity index (χ4v) is 4.15. The molecule has 2 aromatic carbocycles. The zero-order valence-electron chi connectivity index (χ0n) is 17.3. The van der Waals surface area contributed by atoms with Gasteiger partial charge in [0.25, 0.3) is 0 Å². The van der Waals surface area contributed by atoms with Gasteiger partial charge >= 0.3 is 0 Å². The molecule has 0 bridgehead atoms. The van der Waals surface area contributed by atoms with E-state index in [0.717, 1.165) is 49.8 Å². The molecule has 0 saturated carbocycles. The summed E-state index contributed by atoms with van der Waals surface area (Å²) in [6.45, 7) is 5.95. The van der Waals surface area contributed by atoms with E-state index in [-0.39, 0.29) is 5.43 Å². The highest BCUT2D eigenvalue weighted by Crippen LogP contribution is 2.24. The number of aromatic amines is 1. The number of H-pyrrole nitrogens is 1. The van der Waals surface area contributed by atoms with Crippen molar-refractivity contribution in [2.45, 2.75) is 33.6 Å². The van der Waals surface area contributed by atoms with Crippen LogP contribution in [0.3, 0.4) is 0 Å². The molecule has 5 nitrogen and oxygen atoms in total. The Kier molecular flexibility index (Phi) is 5.77. The van der Waals surface area contributed by atoms with Gasteiger partial charge in [-0.2, -0.15) is 5.10 Å². The van der Waals surface area contributed by atoms with Crippen LogP contribution in [0.2, 0.25) is 0 Å². The second-order valence-corrected chi connectivity index (χ2v) is 8.28. The highest BCUT2D eigenvalue weighted by molar-refractivity contribution is 7.14. The fourth-order valence-electron chi connectivity index (χ4n) is 3.49. The minimum absolute atomic E-state index is 0.109. The minimum Gasteiger partial charge on any atom is -0.358 e. The van der Waals surface area contributed by atoms with E-state index in [0.29, 0.717) is 12.8 Å². The summed E-state index contributed by atoms with van der Waals surface area (Å²) in [6, 6.07) is 15.9. The maximum atomic E-state index is 12.9. The summed E-state index contributed by atoms with van der Waals surface area (Å²) in [4.78, 5) is 20.9. The molecule has 0 unspecified atom stereocenters. The lowest BCUT2D eigenvalue weighted by Crippen LogP contribution is -2.15. The van der Waals surface area contributed by atoms with E-state index in [4.69, 9.17) is 0 Å². The normalized spacial score (nSPS) is 11.8. The molecule has 0 fully saturated rings. The van der Waals surface area contributed by atoms with E-state index in [1.165, 1.54) is 11.3 Å². The Morgan fingerprint density at radius 3 is 2.73 bits per heavy atom. The van der Waals surface area contributed by atoms with Crippen LogP contribution in [0.1, 0.15) is 30.2 Å². The standard InChI is InChI=1S/C24H24N4OS/c1-15-8-7-11-20-22(15)25-17(3)19(23(20)29)13-12-16(2)27-28-24-26-21(14-30-24)18-9-5-4-6-10-18/h4-11,14H,12-13H2,1-3H3,(H,25,29)(H,26,28). The lowest BCUT2D eigenvalue weighted by atomic mass is 10.0. The number of benzene rings is 2. The first-order valence-corrected chi connectivity index (χ1v) is 10.8. The molecule has 0 saturated heterocycles. The van der Waals surface area contributed by atoms with Crippen LogP contribution in [0.25, 0.3) is 22.2 Å². The van der Waals surface area contributed by atoms with Crippen molar-refractivity contribution in [1.29, 1.82) is 0 Å². The molecule has 4 aromatic rings. The Morgan fingerprint density at radius 1 is 1.13 bits per heavy atom. The molecule has 0 aliphatic rings. The van der Waals surface area contributed by atoms with Gasteiger partial charge in [-0.3, -0.25) is 10.2 Å². The number of para-hydroxylation sites is 1. The number of hydrogen-bond acceptors (Lipinski definition) is 5. The van der Waals surface area contributed by atoms with Crippen molar-refractivity contribution in [3.8, 4) is 11.3 Å². The second kappa shape index (κ2) is 8.63. The SMILES string of the molecule is CC(CCc1c(C)[nH]c2c(C)cccc2c1=O)=NNc1nc(-c2ccccc2)cs1. The number of nitrogens with one attached hydrogen (secondary N) is 2. The third-order valence-electron chi connectivity index (χ3n) is 5.21. The molecule has 2 N–H and O–H groups in total. The van der Waals surface area contributed by atoms with Crippen LogP contribution in [0, 0.1) is 13.8 Å². The summed E-state index contributed by atoms with van der Waals surface area (Å²) in [5, 5.41) is 7.97. The molecule has 0 amide bonds. The Bertz CT molecular complexity index is 1270. The third kappa shape index (κ3) is 4.19. The van der Waals surface area contributed by atoms with Gasteiger partial charge in [-0.1, -0.05) is 42.5 Å². The number of aromatic nitrogens is 2. The van der Waals surface area contributed by atoms with Gasteiger partial charge < -0.3 is 4.98 Å². The summed E-state index contributed by atoms with van der Waals surface area (Å²) in [5.74, 6) is 0. The molecule has 30 heavy (non-hydrogen) atoms. The van der Waals surface area contributed by atoms with Gasteiger partial charge in [-0.05, 0) is 45.2 Å². The van der Waals surface area contributed by atoms with Gasteiger partial charge in [0.2, 0.25) is 5.13 Å². The molecular weight excluding hydrogens is 392 g/mol. The smallest absolute Gasteiger partial charge is 0.203 e. The van der Waals surface area contributed by atoms with E-state index in [9.17, 15) is 4.79 Å². The quantitative estimate of drug-likeness (QED) is 0.313. The average molecular weight is 417 g/mol. The molecule has 4 rings (SSSR count). The number of fused-ring (bicyclic) bond motifs is 1. The summed E-state index contributed by atoms with van der Waals surface area (Å²) >= 11 is 1.52. The third-order valence-corrected chi connectivity index (χ3v) is 5.96. The number of hydrazone groups is 1. The molecule has 2 aromatic heterocycles. The maximum absolute atomic E-state index is 12.9. The van der Waals surface area contributed by atoms with Crippen molar-refractivity contribution in [2.75, 3.05) is 5.43 Å². The van der Waals surface area contributed by atoms with Gasteiger partial charge in [0, 0.05) is 33.3 Å². The van der Waals surface area contributed by atoms with Crippen LogP contribution >= 0.6 is 11.3 Å². The van der Waals surface area contributed by atoms with Crippen molar-refractivity contribution in [1.82, 2.24) is 9.97 Å². The van der Waals surface area contributed by atoms with Crippen LogP contribution in [-0.4, -0.2) is 15.7 Å². The van der Waals surface area contributed by atoms with Crippen molar-refractivity contribution in [3.05, 3.63) is 81.0 Å². The maximum Gasteiger partial charge on any atom is 0.203 e. The first-order chi connectivity index (χ1) is 14.5. The van der Waals surface area contributed by atoms with E-state index in [1.807, 2.05) is 74.7 Å². The summed E-state index contributed by atoms with van der Waals surface area (Å²) in [5.41, 5.74) is 9.86. The zero-order chi connectivity index (χ0) is 21.1. The fraction of sp³-hybridized carbons (Fsp3) is 0.208. The van der Waals surface area contributed by atoms with Crippen molar-refractivity contribution in [3.63, 3.8) is 0 Å². The van der Waals surface area contributed by atoms with Crippen LogP contribution in [0.15, 0.2) is 63.8 Å². The number of pyridine rings is 1. The molecule has 0 aliphatic heterocycles. The van der Waals surface area contributed by atoms with E-state index in [2.05, 4.69) is 20.5 Å². The highest BCUT2D eigenvalue weighted by Gasteiger charge is 2.11. The molecule has 6 heteroatoms. The molecule has 0 spiro atoms. The number of thiazole rings is 1. The van der Waals surface area contributed by atoms with Gasteiger partial charge in [-0.15, -0.1) is 11.3 Å². The number of hydrogen-bond donors (Lipinski definition) is 2. The Morgan fingerprint density at radius 2 is 1.93 bits per heavy atom. The molecule has 2 heterocycles. The Balaban J connectivity index is 1.45. The van der Waals surface area contributed by atoms with Crippen LogP contribution < -0.4 is 10.9 Å². The summed E-state index contributed by atoms with van der Waals surface area (Å²) in [7, 11) is 0. The van der Waals surface area contributed by atoms with E-state index < -0.39 is 0 Å². The van der Waals surface area contributed by atoms with Gasteiger partial charge in [0.05, 0.1) is 11.2 Å². The first-order valence-electron chi connectivity index (χ1n) is 9.94. The molecule has 0 aliphatic carbocycles. The number of aryl methyl sites for hydroxylation is 2. The number of nitrogens with zero attached hydrogens (tertiary/aromatic N) is 2. The van der Waals surface area contributed by atoms with Gasteiger partial charge in [0.15, 0.2) is 5.43 Å². The Hall–Kier alpha value is -3.25. The highest BCUT2D eigenvalue weighted by atomic mass is 32.1. The number of rotatable bonds is 6. The van der Waals surface area contributed by atoms with Gasteiger partial charge in [0.1, 0.15) is 0 Å². The van der Waals surface area contributed by atoms with Gasteiger partial charge in [-0.25, -0.2) is 4.98 Å². The largest absolute Gasteiger partial charge is 0.358 e. The van der Waals surface area contributed by atoms with E-state index >= 15 is 0 Å². The monoisotopic (exact) mass is 416 g/mol. The van der Waals surface area contributed by atoms with Crippen molar-refractivity contribution in [2.24, 2.45) is 5.10 Å².